The predicted molar refractivity (Wildman–Crippen MR) is 135 cm³/mol. The van der Waals surface area contributed by atoms with Gasteiger partial charge in [-0.1, -0.05) is 13.0 Å². The topological polar surface area (TPSA) is 34.1 Å². The lowest BCUT2D eigenvalue weighted by molar-refractivity contribution is 0.313. The van der Waals surface area contributed by atoms with Crippen molar-refractivity contribution in [2.45, 2.75) is 26.8 Å². The summed E-state index contributed by atoms with van der Waals surface area (Å²) in [6.07, 6.45) is 0.981. The smallest absolute Gasteiger partial charge is 0.147 e. The van der Waals surface area contributed by atoms with Gasteiger partial charge < -0.3 is 10.1 Å². The number of nitrogens with one attached hydrogen (secondary N) is 1. The number of thiazole rings is 1. The van der Waals surface area contributed by atoms with E-state index in [0.29, 0.717) is 6.61 Å². The van der Waals surface area contributed by atoms with Crippen molar-refractivity contribution in [3.05, 3.63) is 74.7 Å². The summed E-state index contributed by atoms with van der Waals surface area (Å²) in [4.78, 5) is 4.77. The minimum absolute atomic E-state index is 0.704. The van der Waals surface area contributed by atoms with Crippen molar-refractivity contribution in [1.82, 2.24) is 4.98 Å². The van der Waals surface area contributed by atoms with Gasteiger partial charge in [0.25, 0.3) is 0 Å². The normalized spacial score (nSPS) is 11.1. The van der Waals surface area contributed by atoms with Gasteiger partial charge >= 0.3 is 0 Å². The van der Waals surface area contributed by atoms with Crippen LogP contribution in [-0.2, 0) is 6.54 Å². The number of aryl methyl sites for hydroxylation is 1. The number of fused-ring (bicyclic) bond motifs is 1. The molecule has 0 unspecified atom stereocenters. The lowest BCUT2D eigenvalue weighted by Gasteiger charge is -2.13. The molecule has 4 aromatic rings. The predicted octanol–water partition coefficient (Wildman–Crippen LogP) is 8.20. The highest BCUT2D eigenvalue weighted by atomic mass is 79.9. The fraction of sp³-hybridized carbons (Fsp3) is 0.208. The molecule has 6 heteroatoms. The zero-order chi connectivity index (χ0) is 21.1. The third-order valence-electron chi connectivity index (χ3n) is 4.68. The highest BCUT2D eigenvalue weighted by Gasteiger charge is 2.10. The van der Waals surface area contributed by atoms with E-state index in [2.05, 4.69) is 106 Å². The Morgan fingerprint density at radius 2 is 1.73 bits per heavy atom. The number of hydrogen-bond donors (Lipinski definition) is 1. The van der Waals surface area contributed by atoms with Crippen LogP contribution < -0.4 is 10.1 Å². The molecule has 3 nitrogen and oxygen atoms in total. The van der Waals surface area contributed by atoms with Crippen molar-refractivity contribution in [1.29, 1.82) is 0 Å². The number of halogens is 2. The van der Waals surface area contributed by atoms with Crippen molar-refractivity contribution >= 4 is 59.1 Å². The van der Waals surface area contributed by atoms with Crippen molar-refractivity contribution in [2.75, 3.05) is 11.9 Å². The van der Waals surface area contributed by atoms with Crippen LogP contribution in [0.4, 0.5) is 5.69 Å². The maximum Gasteiger partial charge on any atom is 0.147 e. The average molecular weight is 546 g/mol. The summed E-state index contributed by atoms with van der Waals surface area (Å²) in [5.41, 5.74) is 5.71. The van der Waals surface area contributed by atoms with Crippen molar-refractivity contribution < 1.29 is 4.74 Å². The summed E-state index contributed by atoms with van der Waals surface area (Å²) in [6, 6.07) is 19.1. The first-order chi connectivity index (χ1) is 14.5. The SMILES string of the molecule is CCCOc1c(Br)cc(CNc2ccc(-c3nc4ccc(C)cc4s3)cc2)cc1Br. The van der Waals surface area contributed by atoms with Gasteiger partial charge in [0.1, 0.15) is 10.8 Å². The van der Waals surface area contributed by atoms with Crippen LogP contribution in [0.2, 0.25) is 0 Å². The number of hydrogen-bond acceptors (Lipinski definition) is 4. The van der Waals surface area contributed by atoms with E-state index in [1.54, 1.807) is 11.3 Å². The minimum Gasteiger partial charge on any atom is -0.491 e. The number of aromatic nitrogens is 1. The van der Waals surface area contributed by atoms with Gasteiger partial charge in [0.2, 0.25) is 0 Å². The standard InChI is InChI=1S/C24H22Br2N2OS/c1-3-10-29-23-19(25)12-16(13-20(23)26)14-27-18-7-5-17(6-8-18)24-28-21-9-4-15(2)11-22(21)30-24/h4-9,11-13,27H,3,10,14H2,1-2H3. The fourth-order valence-electron chi connectivity index (χ4n) is 3.15. The van der Waals surface area contributed by atoms with Crippen LogP contribution in [0, 0.1) is 6.92 Å². The van der Waals surface area contributed by atoms with Gasteiger partial charge in [-0.2, -0.15) is 0 Å². The summed E-state index contributed by atoms with van der Waals surface area (Å²) in [7, 11) is 0. The molecule has 0 atom stereocenters. The third kappa shape index (κ3) is 4.88. The monoisotopic (exact) mass is 544 g/mol. The second-order valence-corrected chi connectivity index (χ2v) is 9.90. The van der Waals surface area contributed by atoms with Gasteiger partial charge in [-0.25, -0.2) is 4.98 Å². The molecule has 1 aromatic heterocycles. The average Bonchev–Trinajstić information content (AvgIpc) is 3.15. The first kappa shape index (κ1) is 21.3. The molecule has 0 bridgehead atoms. The Balaban J connectivity index is 1.44. The Labute approximate surface area is 197 Å². The zero-order valence-corrected chi connectivity index (χ0v) is 20.8. The third-order valence-corrected chi connectivity index (χ3v) is 6.93. The second-order valence-electron chi connectivity index (χ2n) is 7.16. The summed E-state index contributed by atoms with van der Waals surface area (Å²) in [5.74, 6) is 0.857. The molecule has 0 radical (unpaired) electrons. The second kappa shape index (κ2) is 9.50. The lowest BCUT2D eigenvalue weighted by Crippen LogP contribution is -2.01. The van der Waals surface area contributed by atoms with E-state index in [1.807, 2.05) is 0 Å². The summed E-state index contributed by atoms with van der Waals surface area (Å²) in [6.45, 7) is 5.64. The molecule has 1 N–H and O–H groups in total. The Morgan fingerprint density at radius 3 is 2.43 bits per heavy atom. The molecule has 1 heterocycles. The molecular weight excluding hydrogens is 524 g/mol. The molecule has 4 rings (SSSR count). The van der Waals surface area contributed by atoms with Crippen LogP contribution in [0.15, 0.2) is 63.5 Å². The van der Waals surface area contributed by atoms with Crippen LogP contribution in [0.1, 0.15) is 24.5 Å². The number of ether oxygens (including phenoxy) is 1. The summed E-state index contributed by atoms with van der Waals surface area (Å²) in [5, 5.41) is 4.54. The van der Waals surface area contributed by atoms with Crippen molar-refractivity contribution in [2.24, 2.45) is 0 Å². The highest BCUT2D eigenvalue weighted by molar-refractivity contribution is 9.11. The van der Waals surface area contributed by atoms with E-state index in [9.17, 15) is 0 Å². The Kier molecular flexibility index (Phi) is 6.76. The highest BCUT2D eigenvalue weighted by Crippen LogP contribution is 2.35. The van der Waals surface area contributed by atoms with Crippen molar-refractivity contribution in [3.8, 4) is 16.3 Å². The van der Waals surface area contributed by atoms with E-state index in [1.165, 1.54) is 15.8 Å². The van der Waals surface area contributed by atoms with E-state index in [4.69, 9.17) is 9.72 Å². The first-order valence-corrected chi connectivity index (χ1v) is 12.3. The van der Waals surface area contributed by atoms with E-state index >= 15 is 0 Å². The molecule has 0 aliphatic heterocycles. The first-order valence-electron chi connectivity index (χ1n) is 9.85. The minimum atomic E-state index is 0.704. The van der Waals surface area contributed by atoms with Gasteiger partial charge in [-0.3, -0.25) is 0 Å². The molecule has 3 aromatic carbocycles. The molecule has 0 saturated heterocycles. The molecule has 0 aliphatic carbocycles. The van der Waals surface area contributed by atoms with Crippen LogP contribution in [-0.4, -0.2) is 11.6 Å². The number of nitrogens with zero attached hydrogens (tertiary/aromatic N) is 1. The molecule has 154 valence electrons. The van der Waals surface area contributed by atoms with E-state index < -0.39 is 0 Å². The van der Waals surface area contributed by atoms with Crippen molar-refractivity contribution in [3.63, 3.8) is 0 Å². The van der Waals surface area contributed by atoms with Crippen LogP contribution in [0.25, 0.3) is 20.8 Å². The molecule has 0 spiro atoms. The van der Waals surface area contributed by atoms with Gasteiger partial charge in [0.15, 0.2) is 0 Å². The number of rotatable bonds is 7. The summed E-state index contributed by atoms with van der Waals surface area (Å²) < 4.78 is 8.95. The molecule has 0 aliphatic rings. The Morgan fingerprint density at radius 1 is 1.00 bits per heavy atom. The number of benzene rings is 3. The maximum absolute atomic E-state index is 5.80. The van der Waals surface area contributed by atoms with E-state index in [0.717, 1.165) is 49.4 Å². The molecule has 30 heavy (non-hydrogen) atoms. The molecule has 0 saturated carbocycles. The van der Waals surface area contributed by atoms with E-state index in [-0.39, 0.29) is 0 Å². The van der Waals surface area contributed by atoms with Crippen LogP contribution in [0.3, 0.4) is 0 Å². The molecule has 0 fully saturated rings. The van der Waals surface area contributed by atoms with Gasteiger partial charge in [-0.05, 0) is 105 Å². The van der Waals surface area contributed by atoms with Gasteiger partial charge in [0, 0.05) is 17.8 Å². The lowest BCUT2D eigenvalue weighted by atomic mass is 10.2. The Hall–Kier alpha value is -1.89. The molecule has 0 amide bonds. The maximum atomic E-state index is 5.80. The fourth-order valence-corrected chi connectivity index (χ4v) is 5.73. The quantitative estimate of drug-likeness (QED) is 0.254. The zero-order valence-electron chi connectivity index (χ0n) is 16.8. The number of anilines is 1. The molecular formula is C24H22Br2N2OS. The largest absolute Gasteiger partial charge is 0.491 e. The Bertz CT molecular complexity index is 1150. The van der Waals surface area contributed by atoms with Crippen LogP contribution in [0.5, 0.6) is 5.75 Å². The van der Waals surface area contributed by atoms with Crippen LogP contribution >= 0.6 is 43.2 Å². The summed E-state index contributed by atoms with van der Waals surface area (Å²) >= 11 is 8.98. The van der Waals surface area contributed by atoms with Gasteiger partial charge in [0.05, 0.1) is 25.8 Å². The van der Waals surface area contributed by atoms with Gasteiger partial charge in [-0.15, -0.1) is 11.3 Å².